The molecule has 3 aromatic rings. The normalized spacial score (nSPS) is 19.2. The highest BCUT2D eigenvalue weighted by Gasteiger charge is 2.46. The number of nitrogens with zero attached hydrogens (tertiary/aromatic N) is 2. The van der Waals surface area contributed by atoms with Crippen LogP contribution in [0.3, 0.4) is 0 Å². The standard InChI is InChI=1S/C22H18Cl3N3O/c23-13-7-5-12(6-8-13)19-18-20(27-26-19)22(29)28(15-3-1-2-4-15)21(18)16-10-9-14(24)11-17(16)25/h5-11,15,21H,1-4H2,(H,26,27). The summed E-state index contributed by atoms with van der Waals surface area (Å²) < 4.78 is 0. The van der Waals surface area contributed by atoms with E-state index in [0.29, 0.717) is 20.8 Å². The van der Waals surface area contributed by atoms with Crippen molar-refractivity contribution < 1.29 is 4.79 Å². The number of H-pyrrole nitrogens is 1. The lowest BCUT2D eigenvalue weighted by atomic mass is 9.95. The summed E-state index contributed by atoms with van der Waals surface area (Å²) in [6.07, 6.45) is 4.26. The fourth-order valence-electron chi connectivity index (χ4n) is 4.58. The first kappa shape index (κ1) is 19.0. The third kappa shape index (κ3) is 3.14. The van der Waals surface area contributed by atoms with E-state index in [1.807, 2.05) is 41.3 Å². The first-order valence-electron chi connectivity index (χ1n) is 9.66. The van der Waals surface area contributed by atoms with Crippen molar-refractivity contribution in [3.05, 3.63) is 74.4 Å². The molecule has 0 radical (unpaired) electrons. The van der Waals surface area contributed by atoms with Crippen molar-refractivity contribution in [1.82, 2.24) is 15.1 Å². The number of aromatic amines is 1. The molecule has 5 rings (SSSR count). The van der Waals surface area contributed by atoms with Crippen molar-refractivity contribution in [2.45, 2.75) is 37.8 Å². The van der Waals surface area contributed by atoms with Gasteiger partial charge in [0.1, 0.15) is 5.69 Å². The molecule has 1 amide bonds. The predicted molar refractivity (Wildman–Crippen MR) is 116 cm³/mol. The molecule has 2 aromatic carbocycles. The Morgan fingerprint density at radius 3 is 2.34 bits per heavy atom. The van der Waals surface area contributed by atoms with E-state index in [9.17, 15) is 4.79 Å². The van der Waals surface area contributed by atoms with E-state index in [-0.39, 0.29) is 18.0 Å². The van der Waals surface area contributed by atoms with E-state index in [0.717, 1.165) is 48.1 Å². The largest absolute Gasteiger partial charge is 0.323 e. The zero-order valence-electron chi connectivity index (χ0n) is 15.5. The maximum atomic E-state index is 13.4. The molecule has 1 saturated carbocycles. The number of aromatic nitrogens is 2. The molecule has 1 fully saturated rings. The summed E-state index contributed by atoms with van der Waals surface area (Å²) in [5.74, 6) is -0.0179. The van der Waals surface area contributed by atoms with Gasteiger partial charge in [-0.05, 0) is 42.7 Å². The molecule has 1 aliphatic heterocycles. The molecule has 7 heteroatoms. The molecule has 1 unspecified atom stereocenters. The van der Waals surface area contributed by atoms with Crippen molar-refractivity contribution >= 4 is 40.7 Å². The summed E-state index contributed by atoms with van der Waals surface area (Å²) in [4.78, 5) is 15.4. The van der Waals surface area contributed by atoms with Crippen LogP contribution in [0.5, 0.6) is 0 Å². The Hall–Kier alpha value is -2.01. The molecule has 2 heterocycles. The number of carbonyl (C=O) groups excluding carboxylic acids is 1. The lowest BCUT2D eigenvalue weighted by Crippen LogP contribution is -2.37. The van der Waals surface area contributed by atoms with Crippen molar-refractivity contribution in [3.63, 3.8) is 0 Å². The number of hydrogen-bond donors (Lipinski definition) is 1. The van der Waals surface area contributed by atoms with Gasteiger partial charge in [-0.15, -0.1) is 0 Å². The minimum atomic E-state index is -0.296. The van der Waals surface area contributed by atoms with Gasteiger partial charge >= 0.3 is 0 Å². The molecule has 1 atom stereocenters. The van der Waals surface area contributed by atoms with E-state index >= 15 is 0 Å². The highest BCUT2D eigenvalue weighted by molar-refractivity contribution is 6.35. The Kier molecular flexibility index (Phi) is 4.81. The van der Waals surface area contributed by atoms with Crippen LogP contribution in [0.1, 0.15) is 53.3 Å². The predicted octanol–water partition coefficient (Wildman–Crippen LogP) is 6.52. The maximum absolute atomic E-state index is 13.4. The molecule has 1 aromatic heterocycles. The van der Waals surface area contributed by atoms with E-state index in [1.165, 1.54) is 0 Å². The molecule has 2 aliphatic rings. The van der Waals surface area contributed by atoms with Crippen molar-refractivity contribution in [2.75, 3.05) is 0 Å². The molecule has 1 aliphatic carbocycles. The van der Waals surface area contributed by atoms with Crippen LogP contribution in [0.15, 0.2) is 42.5 Å². The molecular weight excluding hydrogens is 429 g/mol. The third-order valence-electron chi connectivity index (χ3n) is 5.90. The van der Waals surface area contributed by atoms with E-state index in [1.54, 1.807) is 6.07 Å². The van der Waals surface area contributed by atoms with Gasteiger partial charge in [-0.25, -0.2) is 0 Å². The summed E-state index contributed by atoms with van der Waals surface area (Å²) in [6.45, 7) is 0. The first-order valence-corrected chi connectivity index (χ1v) is 10.8. The Morgan fingerprint density at radius 1 is 0.966 bits per heavy atom. The van der Waals surface area contributed by atoms with E-state index in [2.05, 4.69) is 10.2 Å². The minimum absolute atomic E-state index is 0.0179. The topological polar surface area (TPSA) is 49.0 Å². The molecular formula is C22H18Cl3N3O. The van der Waals surface area contributed by atoms with Crippen LogP contribution < -0.4 is 0 Å². The fourth-order valence-corrected chi connectivity index (χ4v) is 5.22. The molecule has 0 bridgehead atoms. The number of halogens is 3. The summed E-state index contributed by atoms with van der Waals surface area (Å²) in [6, 6.07) is 12.9. The van der Waals surface area contributed by atoms with Crippen molar-refractivity contribution in [3.8, 4) is 11.3 Å². The van der Waals surface area contributed by atoms with Crippen LogP contribution >= 0.6 is 34.8 Å². The molecule has 0 spiro atoms. The third-order valence-corrected chi connectivity index (χ3v) is 6.71. The summed E-state index contributed by atoms with van der Waals surface area (Å²) in [7, 11) is 0. The van der Waals surface area contributed by atoms with Gasteiger partial charge in [-0.1, -0.05) is 65.8 Å². The van der Waals surface area contributed by atoms with Crippen LogP contribution in [0, 0.1) is 0 Å². The van der Waals surface area contributed by atoms with Crippen molar-refractivity contribution in [2.24, 2.45) is 0 Å². The Labute approximate surface area is 183 Å². The van der Waals surface area contributed by atoms with Gasteiger partial charge < -0.3 is 4.90 Å². The van der Waals surface area contributed by atoms with Gasteiger partial charge in [0, 0.05) is 32.2 Å². The van der Waals surface area contributed by atoms with Gasteiger partial charge in [-0.3, -0.25) is 9.89 Å². The van der Waals surface area contributed by atoms with E-state index < -0.39 is 0 Å². The smallest absolute Gasteiger partial charge is 0.273 e. The van der Waals surface area contributed by atoms with Crippen LogP contribution in [0.4, 0.5) is 0 Å². The maximum Gasteiger partial charge on any atom is 0.273 e. The number of carbonyl (C=O) groups is 1. The number of fused-ring (bicyclic) bond motifs is 1. The number of hydrogen-bond acceptors (Lipinski definition) is 2. The lowest BCUT2D eigenvalue weighted by Gasteiger charge is -2.32. The van der Waals surface area contributed by atoms with Gasteiger partial charge in [-0.2, -0.15) is 5.10 Å². The number of amides is 1. The molecule has 148 valence electrons. The quantitative estimate of drug-likeness (QED) is 0.497. The average Bonchev–Trinajstić information content (AvgIpc) is 3.41. The second kappa shape index (κ2) is 7.35. The fraction of sp³-hybridized carbons (Fsp3) is 0.273. The van der Waals surface area contributed by atoms with Crippen LogP contribution in [-0.4, -0.2) is 27.0 Å². The summed E-state index contributed by atoms with van der Waals surface area (Å²) in [5, 5.41) is 9.25. The highest BCUT2D eigenvalue weighted by atomic mass is 35.5. The van der Waals surface area contributed by atoms with Crippen LogP contribution in [0.25, 0.3) is 11.3 Å². The number of rotatable bonds is 3. The van der Waals surface area contributed by atoms with Gasteiger partial charge in [0.15, 0.2) is 0 Å². The monoisotopic (exact) mass is 445 g/mol. The Balaban J connectivity index is 1.70. The molecule has 29 heavy (non-hydrogen) atoms. The first-order chi connectivity index (χ1) is 14.0. The summed E-state index contributed by atoms with van der Waals surface area (Å²) in [5.41, 5.74) is 3.93. The van der Waals surface area contributed by atoms with Gasteiger partial charge in [0.25, 0.3) is 5.91 Å². The zero-order valence-corrected chi connectivity index (χ0v) is 17.7. The zero-order chi connectivity index (χ0) is 20.1. The minimum Gasteiger partial charge on any atom is -0.323 e. The molecule has 0 saturated heterocycles. The summed E-state index contributed by atoms with van der Waals surface area (Å²) >= 11 is 18.8. The second-order valence-electron chi connectivity index (χ2n) is 7.59. The van der Waals surface area contributed by atoms with Crippen LogP contribution in [0.2, 0.25) is 15.1 Å². The van der Waals surface area contributed by atoms with E-state index in [4.69, 9.17) is 34.8 Å². The SMILES string of the molecule is O=C1c2[nH]nc(-c3ccc(Cl)cc3)c2C(c2ccc(Cl)cc2Cl)N1C1CCCC1. The van der Waals surface area contributed by atoms with Crippen LogP contribution in [-0.2, 0) is 0 Å². The molecule has 4 nitrogen and oxygen atoms in total. The highest BCUT2D eigenvalue weighted by Crippen LogP contribution is 2.47. The lowest BCUT2D eigenvalue weighted by molar-refractivity contribution is 0.0660. The Bertz CT molecular complexity index is 1090. The number of benzene rings is 2. The molecule has 1 N–H and O–H groups in total. The van der Waals surface area contributed by atoms with Gasteiger partial charge in [0.2, 0.25) is 0 Å². The van der Waals surface area contributed by atoms with Crippen molar-refractivity contribution in [1.29, 1.82) is 0 Å². The Morgan fingerprint density at radius 2 is 1.66 bits per heavy atom. The number of nitrogens with one attached hydrogen (secondary N) is 1. The average molecular weight is 447 g/mol. The van der Waals surface area contributed by atoms with Gasteiger partial charge in [0.05, 0.1) is 11.7 Å². The second-order valence-corrected chi connectivity index (χ2v) is 8.87.